The first-order chi connectivity index (χ1) is 4.83. The Morgan fingerprint density at radius 1 is 1.90 bits per heavy atom. The molecule has 3 nitrogen and oxygen atoms in total. The van der Waals surface area contributed by atoms with Crippen molar-refractivity contribution in [3.05, 3.63) is 0 Å². The van der Waals surface area contributed by atoms with Gasteiger partial charge < -0.3 is 4.74 Å². The third-order valence-electron chi connectivity index (χ3n) is 0.888. The zero-order chi connectivity index (χ0) is 7.40. The first-order valence-electron chi connectivity index (χ1n) is 2.81. The van der Waals surface area contributed by atoms with Gasteiger partial charge in [0.25, 0.3) is 5.23 Å². The molecule has 1 aliphatic rings. The molecule has 56 valence electrons. The van der Waals surface area contributed by atoms with Gasteiger partial charge in [-0.2, -0.15) is 12.6 Å². The molecule has 0 radical (unpaired) electrons. The number of rotatable bonds is 1. The van der Waals surface area contributed by atoms with Crippen LogP contribution in [0.15, 0.2) is 4.99 Å². The van der Waals surface area contributed by atoms with Crippen molar-refractivity contribution in [2.24, 2.45) is 4.99 Å². The van der Waals surface area contributed by atoms with Crippen molar-refractivity contribution in [3.8, 4) is 0 Å². The van der Waals surface area contributed by atoms with Gasteiger partial charge in [0, 0.05) is 5.75 Å². The van der Waals surface area contributed by atoms with E-state index in [1.165, 1.54) is 11.8 Å². The molecule has 0 saturated carbocycles. The lowest BCUT2D eigenvalue weighted by molar-refractivity contribution is -0.132. The molecule has 1 heterocycles. The highest BCUT2D eigenvalue weighted by Gasteiger charge is 2.11. The van der Waals surface area contributed by atoms with E-state index in [2.05, 4.69) is 17.6 Å². The molecule has 0 fully saturated rings. The maximum absolute atomic E-state index is 10.6. The zero-order valence-electron chi connectivity index (χ0n) is 5.24. The van der Waals surface area contributed by atoms with Crippen LogP contribution >= 0.6 is 24.4 Å². The van der Waals surface area contributed by atoms with Crippen LogP contribution in [0.3, 0.4) is 0 Å². The highest BCUT2D eigenvalue weighted by Crippen LogP contribution is 2.12. The van der Waals surface area contributed by atoms with Gasteiger partial charge in [-0.3, -0.25) is 4.79 Å². The van der Waals surface area contributed by atoms with Crippen LogP contribution in [0, 0.1) is 0 Å². The summed E-state index contributed by atoms with van der Waals surface area (Å²) in [6.07, 6.45) is 0. The number of esters is 1. The molecule has 0 N–H and O–H groups in total. The number of carbonyl (C=O) groups excluding carboxylic acids is 1. The average molecular weight is 177 g/mol. The molecule has 0 aromatic carbocycles. The molecule has 0 aliphatic carbocycles. The highest BCUT2D eigenvalue weighted by atomic mass is 32.2. The number of hydrogen-bond donors (Lipinski definition) is 1. The third-order valence-corrected chi connectivity index (χ3v) is 1.99. The summed E-state index contributed by atoms with van der Waals surface area (Å²) in [6.45, 7) is 0.750. The topological polar surface area (TPSA) is 38.7 Å². The average Bonchev–Trinajstić information content (AvgIpc) is 2.40. The molecule has 1 rings (SSSR count). The Balaban J connectivity index is 2.30. The molecule has 0 atom stereocenters. The van der Waals surface area contributed by atoms with Crippen LogP contribution in [0.25, 0.3) is 0 Å². The Morgan fingerprint density at radius 2 is 2.70 bits per heavy atom. The standard InChI is InChI=1S/C5H7NO2S2/c7-4(3-9)8-5-6-1-2-10-5/h9H,1-3H2. The van der Waals surface area contributed by atoms with Gasteiger partial charge in [0.15, 0.2) is 0 Å². The minimum absolute atomic E-state index is 0.111. The minimum Gasteiger partial charge on any atom is -0.401 e. The van der Waals surface area contributed by atoms with E-state index in [4.69, 9.17) is 4.74 Å². The van der Waals surface area contributed by atoms with Crippen LogP contribution in [0.1, 0.15) is 0 Å². The van der Waals surface area contributed by atoms with E-state index in [0.717, 1.165) is 12.3 Å². The van der Waals surface area contributed by atoms with Crippen LogP contribution in [-0.2, 0) is 9.53 Å². The van der Waals surface area contributed by atoms with Gasteiger partial charge in [-0.15, -0.1) is 0 Å². The molecule has 5 heteroatoms. The van der Waals surface area contributed by atoms with Crippen molar-refractivity contribution in [1.29, 1.82) is 0 Å². The summed E-state index contributed by atoms with van der Waals surface area (Å²) in [6, 6.07) is 0. The Hall–Kier alpha value is -0.160. The number of ether oxygens (including phenoxy) is 1. The van der Waals surface area contributed by atoms with Gasteiger partial charge in [0.1, 0.15) is 0 Å². The predicted molar refractivity (Wildman–Crippen MR) is 44.7 cm³/mol. The van der Waals surface area contributed by atoms with Crippen molar-refractivity contribution in [3.63, 3.8) is 0 Å². The summed E-state index contributed by atoms with van der Waals surface area (Å²) in [5.41, 5.74) is 0. The summed E-state index contributed by atoms with van der Waals surface area (Å²) in [5.74, 6) is 0.686. The Morgan fingerprint density at radius 3 is 3.20 bits per heavy atom. The summed E-state index contributed by atoms with van der Waals surface area (Å²) < 4.78 is 4.76. The van der Waals surface area contributed by atoms with Crippen LogP contribution < -0.4 is 0 Å². The number of thioether (sulfide) groups is 1. The monoisotopic (exact) mass is 177 g/mol. The van der Waals surface area contributed by atoms with Crippen molar-refractivity contribution in [2.75, 3.05) is 18.1 Å². The molecule has 0 aromatic heterocycles. The number of carbonyl (C=O) groups is 1. The molecular formula is C5H7NO2S2. The second kappa shape index (κ2) is 3.88. The van der Waals surface area contributed by atoms with Crippen molar-refractivity contribution in [2.45, 2.75) is 0 Å². The predicted octanol–water partition coefficient (Wildman–Crippen LogP) is 0.562. The summed E-state index contributed by atoms with van der Waals surface area (Å²) in [4.78, 5) is 14.5. The summed E-state index contributed by atoms with van der Waals surface area (Å²) in [5, 5.41) is 0.485. The lowest BCUT2D eigenvalue weighted by Gasteiger charge is -1.97. The molecule has 0 amide bonds. The fourth-order valence-electron chi connectivity index (χ4n) is 0.507. The Labute approximate surface area is 68.6 Å². The fourth-order valence-corrected chi connectivity index (χ4v) is 1.26. The van der Waals surface area contributed by atoms with E-state index in [1.54, 1.807) is 0 Å². The van der Waals surface area contributed by atoms with Crippen molar-refractivity contribution in [1.82, 2.24) is 0 Å². The van der Waals surface area contributed by atoms with Crippen molar-refractivity contribution < 1.29 is 9.53 Å². The number of aliphatic imine (C=N–C) groups is 1. The minimum atomic E-state index is -0.337. The van der Waals surface area contributed by atoms with E-state index in [-0.39, 0.29) is 11.7 Å². The summed E-state index contributed by atoms with van der Waals surface area (Å²) >= 11 is 5.21. The number of nitrogens with zero attached hydrogens (tertiary/aromatic N) is 1. The van der Waals surface area contributed by atoms with Crippen molar-refractivity contribution >= 4 is 35.6 Å². The second-order valence-electron chi connectivity index (χ2n) is 1.63. The molecule has 1 aliphatic heterocycles. The number of hydrogen-bond acceptors (Lipinski definition) is 5. The van der Waals surface area contributed by atoms with E-state index in [1.807, 2.05) is 0 Å². The molecular weight excluding hydrogens is 170 g/mol. The molecule has 0 spiro atoms. The number of thiol groups is 1. The van der Waals surface area contributed by atoms with E-state index < -0.39 is 0 Å². The molecule has 0 bridgehead atoms. The van der Waals surface area contributed by atoms with E-state index in [0.29, 0.717) is 5.23 Å². The molecule has 0 aromatic rings. The maximum Gasteiger partial charge on any atom is 0.322 e. The SMILES string of the molecule is O=C(CS)OC1=NCCS1. The Bertz CT molecular complexity index is 169. The van der Waals surface area contributed by atoms with Crippen LogP contribution in [-0.4, -0.2) is 29.2 Å². The van der Waals surface area contributed by atoms with Gasteiger partial charge in [-0.05, 0) is 0 Å². The first-order valence-corrected chi connectivity index (χ1v) is 4.43. The lowest BCUT2D eigenvalue weighted by Crippen LogP contribution is -2.08. The third kappa shape index (κ3) is 2.22. The van der Waals surface area contributed by atoms with Gasteiger partial charge in [0.2, 0.25) is 0 Å². The molecule has 0 saturated heterocycles. The largest absolute Gasteiger partial charge is 0.401 e. The molecule has 0 unspecified atom stereocenters. The van der Waals surface area contributed by atoms with E-state index in [9.17, 15) is 4.79 Å². The van der Waals surface area contributed by atoms with Crippen LogP contribution in [0.5, 0.6) is 0 Å². The summed E-state index contributed by atoms with van der Waals surface area (Å²) in [7, 11) is 0. The van der Waals surface area contributed by atoms with Gasteiger partial charge in [-0.25, -0.2) is 4.99 Å². The first kappa shape index (κ1) is 7.94. The lowest BCUT2D eigenvalue weighted by atomic mass is 10.8. The van der Waals surface area contributed by atoms with Crippen LogP contribution in [0.4, 0.5) is 0 Å². The van der Waals surface area contributed by atoms with Crippen LogP contribution in [0.2, 0.25) is 0 Å². The molecule has 10 heavy (non-hydrogen) atoms. The second-order valence-corrected chi connectivity index (χ2v) is 2.99. The fraction of sp³-hybridized carbons (Fsp3) is 0.600. The zero-order valence-corrected chi connectivity index (χ0v) is 6.95. The maximum atomic E-state index is 10.6. The quantitative estimate of drug-likeness (QED) is 0.470. The highest BCUT2D eigenvalue weighted by molar-refractivity contribution is 8.13. The normalized spacial score (nSPS) is 16.7. The van der Waals surface area contributed by atoms with Gasteiger partial charge in [0.05, 0.1) is 12.3 Å². The van der Waals surface area contributed by atoms with Gasteiger partial charge >= 0.3 is 5.97 Å². The Kier molecular flexibility index (Phi) is 3.08. The smallest absolute Gasteiger partial charge is 0.322 e. The van der Waals surface area contributed by atoms with E-state index >= 15 is 0 Å². The van der Waals surface area contributed by atoms with Gasteiger partial charge in [-0.1, -0.05) is 11.8 Å².